The summed E-state index contributed by atoms with van der Waals surface area (Å²) in [5, 5.41) is 4.10. The highest BCUT2D eigenvalue weighted by Crippen LogP contribution is 3.02. The van der Waals surface area contributed by atoms with E-state index in [9.17, 15) is 4.79 Å². The number of hydrogen-bond donors (Lipinski definition) is 0. The van der Waals surface area contributed by atoms with Gasteiger partial charge in [0.15, 0.2) is 0 Å². The van der Waals surface area contributed by atoms with E-state index >= 15 is 0 Å². The molecule has 23 heavy (non-hydrogen) atoms. The minimum absolute atomic E-state index is 0.0201. The lowest BCUT2D eigenvalue weighted by atomic mass is 9.75. The molecule has 0 bridgehead atoms. The molecule has 0 aliphatic heterocycles. The van der Waals surface area contributed by atoms with Crippen molar-refractivity contribution in [2.24, 2.45) is 10.8 Å². The summed E-state index contributed by atoms with van der Waals surface area (Å²) in [5.74, 6) is 0.440. The van der Waals surface area contributed by atoms with Crippen molar-refractivity contribution in [1.82, 2.24) is 9.78 Å². The van der Waals surface area contributed by atoms with Crippen LogP contribution in [0.3, 0.4) is 0 Å². The van der Waals surface area contributed by atoms with Crippen LogP contribution in [-0.2, 0) is 4.74 Å². The topological polar surface area (TPSA) is 53.4 Å². The summed E-state index contributed by atoms with van der Waals surface area (Å²) in [6.07, 6.45) is 7.08. The molecule has 5 nitrogen and oxygen atoms in total. The molecule has 0 saturated heterocycles. The summed E-state index contributed by atoms with van der Waals surface area (Å²) in [6.45, 7) is 6.02. The van der Waals surface area contributed by atoms with Gasteiger partial charge < -0.3 is 9.47 Å². The molecule has 1 aromatic heterocycles. The van der Waals surface area contributed by atoms with E-state index in [2.05, 4.69) is 5.10 Å². The van der Waals surface area contributed by atoms with Crippen LogP contribution in [0, 0.1) is 10.8 Å². The molecule has 0 N–H and O–H groups in total. The zero-order chi connectivity index (χ0) is 16.5. The van der Waals surface area contributed by atoms with E-state index in [4.69, 9.17) is 17.3 Å². The first kappa shape index (κ1) is 15.1. The van der Waals surface area contributed by atoms with E-state index in [0.717, 1.165) is 6.42 Å². The predicted octanol–water partition coefficient (Wildman–Crippen LogP) is 3.34. The van der Waals surface area contributed by atoms with Crippen molar-refractivity contribution in [2.75, 3.05) is 6.61 Å². The molecule has 3 saturated carbocycles. The Balaban J connectivity index is 1.30. The molecule has 6 heteroatoms. The highest BCUT2D eigenvalue weighted by molar-refractivity contribution is 6.20. The van der Waals surface area contributed by atoms with Crippen LogP contribution in [0.1, 0.15) is 52.9 Å². The fourth-order valence-electron chi connectivity index (χ4n) is 4.65. The van der Waals surface area contributed by atoms with E-state index in [1.807, 2.05) is 20.8 Å². The Labute approximate surface area is 138 Å². The van der Waals surface area contributed by atoms with Crippen molar-refractivity contribution < 1.29 is 14.3 Å². The molecule has 3 fully saturated rings. The van der Waals surface area contributed by atoms with Gasteiger partial charge in [0.1, 0.15) is 5.60 Å². The number of carbonyl (C=O) groups is 1. The average Bonchev–Trinajstić information content (AvgIpc) is 3.35. The predicted molar refractivity (Wildman–Crippen MR) is 85.8 cm³/mol. The summed E-state index contributed by atoms with van der Waals surface area (Å²) >= 11 is 0. The zero-order valence-electron chi connectivity index (χ0n) is 14.1. The number of nitrogens with zero attached hydrogens (tertiary/aromatic N) is 2. The number of rotatable bonds is 4. The maximum absolute atomic E-state index is 11.9. The Morgan fingerprint density at radius 1 is 1.30 bits per heavy atom. The monoisotopic (exact) mass is 314 g/mol. The van der Waals surface area contributed by atoms with Crippen LogP contribution >= 0.6 is 0 Å². The molecule has 2 radical (unpaired) electrons. The summed E-state index contributed by atoms with van der Waals surface area (Å²) in [7, 11) is 6.63. The van der Waals surface area contributed by atoms with Crippen LogP contribution in [0.25, 0.3) is 0 Å². The largest absolute Gasteiger partial charge is 0.477 e. The van der Waals surface area contributed by atoms with Crippen LogP contribution in [0.2, 0.25) is 5.31 Å². The van der Waals surface area contributed by atoms with Gasteiger partial charge >= 0.3 is 6.09 Å². The van der Waals surface area contributed by atoms with Crippen molar-refractivity contribution in [3.8, 4) is 5.88 Å². The third-order valence-corrected chi connectivity index (χ3v) is 5.95. The van der Waals surface area contributed by atoms with E-state index in [1.165, 1.54) is 30.4 Å². The van der Waals surface area contributed by atoms with Crippen molar-refractivity contribution in [3.05, 3.63) is 12.3 Å². The normalized spacial score (nSPS) is 24.5. The average molecular weight is 314 g/mol. The minimum atomic E-state index is -0.543. The fraction of sp³-hybridized carbons (Fsp3) is 0.765. The van der Waals surface area contributed by atoms with Crippen LogP contribution in [-0.4, -0.2) is 35.9 Å². The van der Waals surface area contributed by atoms with Gasteiger partial charge in [-0.05, 0) is 63.7 Å². The number of aromatic nitrogens is 2. The standard InChI is InChI=1S/C17H23BN2O3/c1-14(2,3)23-13(21)20-10-4-12(19-20)22-11-9-17(18)15(5-6-15)16(17)7-8-16/h4,10H,5-9,11H2,1-3H3. The Hall–Kier alpha value is -1.46. The third kappa shape index (κ3) is 2.06. The Kier molecular flexibility index (Phi) is 2.85. The molecular formula is C17H23BN2O3. The molecule has 0 atom stereocenters. The quantitative estimate of drug-likeness (QED) is 0.800. The highest BCUT2D eigenvalue weighted by Gasteiger charge is 2.91. The molecule has 3 aliphatic rings. The van der Waals surface area contributed by atoms with Crippen LogP contribution in [0.15, 0.2) is 12.3 Å². The molecule has 122 valence electrons. The van der Waals surface area contributed by atoms with Gasteiger partial charge in [0.2, 0.25) is 5.88 Å². The maximum atomic E-state index is 11.9. The number of hydrogen-bond acceptors (Lipinski definition) is 4. The van der Waals surface area contributed by atoms with Gasteiger partial charge in [0.25, 0.3) is 0 Å². The third-order valence-electron chi connectivity index (χ3n) is 5.95. The van der Waals surface area contributed by atoms with Crippen molar-refractivity contribution >= 4 is 13.9 Å². The van der Waals surface area contributed by atoms with Crippen molar-refractivity contribution in [2.45, 2.75) is 63.8 Å². The lowest BCUT2D eigenvalue weighted by Gasteiger charge is -2.18. The van der Waals surface area contributed by atoms with E-state index < -0.39 is 11.7 Å². The van der Waals surface area contributed by atoms with Gasteiger partial charge in [-0.3, -0.25) is 0 Å². The molecule has 0 unspecified atom stereocenters. The van der Waals surface area contributed by atoms with Gasteiger partial charge in [-0.1, -0.05) is 5.31 Å². The lowest BCUT2D eigenvalue weighted by Crippen LogP contribution is -2.27. The molecule has 1 heterocycles. The molecule has 3 aliphatic carbocycles. The summed E-state index contributed by atoms with van der Waals surface area (Å²) in [5.41, 5.74) is 0.345. The Morgan fingerprint density at radius 3 is 2.43 bits per heavy atom. The number of ether oxygens (including phenoxy) is 2. The first-order chi connectivity index (χ1) is 10.7. The summed E-state index contributed by atoms with van der Waals surface area (Å²) < 4.78 is 12.1. The van der Waals surface area contributed by atoms with Crippen LogP contribution < -0.4 is 4.74 Å². The van der Waals surface area contributed by atoms with E-state index in [-0.39, 0.29) is 5.31 Å². The molecular weight excluding hydrogens is 291 g/mol. The summed E-state index contributed by atoms with van der Waals surface area (Å²) in [4.78, 5) is 11.9. The first-order valence-corrected chi connectivity index (χ1v) is 8.44. The SMILES string of the molecule is [B]C1(CCOc2ccn(C(=O)OC(C)(C)C)n2)C2(CC2)C12CC2. The molecule has 4 rings (SSSR count). The van der Waals surface area contributed by atoms with Gasteiger partial charge in [0.05, 0.1) is 14.5 Å². The van der Waals surface area contributed by atoms with Gasteiger partial charge in [0, 0.05) is 12.3 Å². The second kappa shape index (κ2) is 4.34. The van der Waals surface area contributed by atoms with Gasteiger partial charge in [-0.25, -0.2) is 4.79 Å². The second-order valence-corrected chi connectivity index (χ2v) is 8.31. The molecule has 0 aromatic carbocycles. The van der Waals surface area contributed by atoms with Crippen molar-refractivity contribution in [3.63, 3.8) is 0 Å². The van der Waals surface area contributed by atoms with Gasteiger partial charge in [-0.15, -0.1) is 5.10 Å². The van der Waals surface area contributed by atoms with Crippen LogP contribution in [0.4, 0.5) is 4.79 Å². The molecule has 1 aromatic rings. The summed E-state index contributed by atoms with van der Waals surface area (Å²) in [6, 6.07) is 1.68. The highest BCUT2D eigenvalue weighted by atomic mass is 16.6. The van der Waals surface area contributed by atoms with E-state index in [1.54, 1.807) is 12.3 Å². The Bertz CT molecular complexity index is 635. The van der Waals surface area contributed by atoms with Crippen molar-refractivity contribution in [1.29, 1.82) is 0 Å². The number of fused-ring (bicyclic) bond motifs is 1. The minimum Gasteiger partial charge on any atom is -0.477 e. The van der Waals surface area contributed by atoms with Crippen LogP contribution in [0.5, 0.6) is 5.88 Å². The van der Waals surface area contributed by atoms with E-state index in [0.29, 0.717) is 23.3 Å². The molecule has 0 amide bonds. The number of carbonyl (C=O) groups excluding carboxylic acids is 1. The Morgan fingerprint density at radius 2 is 1.91 bits per heavy atom. The van der Waals surface area contributed by atoms with Gasteiger partial charge in [-0.2, -0.15) is 4.68 Å². The maximum Gasteiger partial charge on any atom is 0.435 e. The zero-order valence-corrected chi connectivity index (χ0v) is 14.1. The second-order valence-electron chi connectivity index (χ2n) is 8.31. The fourth-order valence-corrected chi connectivity index (χ4v) is 4.65. The smallest absolute Gasteiger partial charge is 0.435 e. The molecule has 2 spiro atoms. The first-order valence-electron chi connectivity index (χ1n) is 8.44. The lowest BCUT2D eigenvalue weighted by molar-refractivity contribution is 0.0511.